The predicted octanol–water partition coefficient (Wildman–Crippen LogP) is 2.04. The van der Waals surface area contributed by atoms with Crippen LogP contribution in [0.3, 0.4) is 0 Å². The van der Waals surface area contributed by atoms with E-state index in [0.29, 0.717) is 37.1 Å². The monoisotopic (exact) mass is 384 g/mol. The van der Waals surface area contributed by atoms with Crippen LogP contribution in [0.4, 0.5) is 0 Å². The van der Waals surface area contributed by atoms with Gasteiger partial charge in [0.2, 0.25) is 5.91 Å². The Hall–Kier alpha value is -3.35. The van der Waals surface area contributed by atoms with E-state index in [1.54, 1.807) is 31.3 Å². The first-order chi connectivity index (χ1) is 13.4. The second-order valence-electron chi connectivity index (χ2n) is 6.21. The van der Waals surface area contributed by atoms with E-state index in [9.17, 15) is 14.4 Å². The van der Waals surface area contributed by atoms with Gasteiger partial charge in [-0.05, 0) is 48.2 Å². The number of nitrogens with one attached hydrogen (secondary N) is 2. The van der Waals surface area contributed by atoms with Crippen LogP contribution >= 0.6 is 0 Å². The minimum absolute atomic E-state index is 0.0912. The van der Waals surface area contributed by atoms with Crippen LogP contribution in [-0.4, -0.2) is 43.6 Å². The number of carbonyl (C=O) groups is 3. The van der Waals surface area contributed by atoms with Crippen molar-refractivity contribution in [2.24, 2.45) is 0 Å². The summed E-state index contributed by atoms with van der Waals surface area (Å²) in [5.41, 5.74) is 2.47. The molecular weight excluding hydrogens is 360 g/mol. The zero-order valence-corrected chi connectivity index (χ0v) is 16.0. The molecule has 148 valence electrons. The van der Waals surface area contributed by atoms with Crippen LogP contribution in [0.1, 0.15) is 38.3 Å². The molecular formula is C21H24N2O5. The average Bonchev–Trinajstić information content (AvgIpc) is 2.71. The summed E-state index contributed by atoms with van der Waals surface area (Å²) in [5, 5.41) is 14.4. The molecule has 0 aliphatic carbocycles. The lowest BCUT2D eigenvalue weighted by atomic mass is 10.1. The summed E-state index contributed by atoms with van der Waals surface area (Å²) in [7, 11) is 3.06. The molecule has 0 saturated heterocycles. The fraction of sp³-hybridized carbons (Fsp3) is 0.286. The van der Waals surface area contributed by atoms with Crippen molar-refractivity contribution in [2.45, 2.75) is 19.3 Å². The Morgan fingerprint density at radius 1 is 1.04 bits per heavy atom. The van der Waals surface area contributed by atoms with Gasteiger partial charge < -0.3 is 20.5 Å². The fourth-order valence-electron chi connectivity index (χ4n) is 2.78. The van der Waals surface area contributed by atoms with Crippen LogP contribution in [0.2, 0.25) is 0 Å². The van der Waals surface area contributed by atoms with Crippen LogP contribution in [0.15, 0.2) is 42.5 Å². The van der Waals surface area contributed by atoms with Crippen LogP contribution in [0.25, 0.3) is 0 Å². The van der Waals surface area contributed by atoms with Gasteiger partial charge in [0.1, 0.15) is 5.75 Å². The third kappa shape index (κ3) is 5.84. The third-order valence-corrected chi connectivity index (χ3v) is 4.31. The van der Waals surface area contributed by atoms with Crippen molar-refractivity contribution in [3.63, 3.8) is 0 Å². The molecule has 0 bridgehead atoms. The predicted molar refractivity (Wildman–Crippen MR) is 105 cm³/mol. The molecule has 3 N–H and O–H groups in total. The molecule has 2 aromatic carbocycles. The first-order valence-electron chi connectivity index (χ1n) is 8.92. The Labute approximate surface area is 163 Å². The Bertz CT molecular complexity index is 864. The second kappa shape index (κ2) is 10.1. The van der Waals surface area contributed by atoms with Gasteiger partial charge in [0.25, 0.3) is 5.91 Å². The number of hydrogen-bond donors (Lipinski definition) is 3. The summed E-state index contributed by atoms with van der Waals surface area (Å²) in [6.07, 6.45) is 1.38. The number of rotatable bonds is 9. The summed E-state index contributed by atoms with van der Waals surface area (Å²) in [5.74, 6) is -0.778. The van der Waals surface area contributed by atoms with Gasteiger partial charge in [-0.2, -0.15) is 0 Å². The number of aryl methyl sites for hydroxylation is 1. The highest BCUT2D eigenvalue weighted by molar-refractivity contribution is 5.94. The molecule has 0 aliphatic rings. The zero-order valence-electron chi connectivity index (χ0n) is 16.0. The molecule has 28 heavy (non-hydrogen) atoms. The lowest BCUT2D eigenvalue weighted by Crippen LogP contribution is -2.26. The van der Waals surface area contributed by atoms with E-state index < -0.39 is 5.97 Å². The largest absolute Gasteiger partial charge is 0.496 e. The smallest absolute Gasteiger partial charge is 0.335 e. The van der Waals surface area contributed by atoms with E-state index in [4.69, 9.17) is 9.84 Å². The second-order valence-corrected chi connectivity index (χ2v) is 6.21. The number of methoxy groups -OCH3 is 1. The number of carboxylic acids is 1. The minimum atomic E-state index is -1.02. The van der Waals surface area contributed by atoms with Gasteiger partial charge in [-0.1, -0.05) is 18.2 Å². The molecule has 0 atom stereocenters. The number of carbonyl (C=O) groups excluding carboxylic acids is 2. The molecule has 0 saturated carbocycles. The molecule has 2 aromatic rings. The topological polar surface area (TPSA) is 105 Å². The van der Waals surface area contributed by atoms with Crippen molar-refractivity contribution >= 4 is 17.8 Å². The summed E-state index contributed by atoms with van der Waals surface area (Å²) < 4.78 is 5.23. The Morgan fingerprint density at radius 3 is 2.50 bits per heavy atom. The van der Waals surface area contributed by atoms with Crippen molar-refractivity contribution in [3.05, 3.63) is 64.7 Å². The number of benzene rings is 2. The molecule has 2 amide bonds. The average molecular weight is 384 g/mol. The number of amides is 2. The summed E-state index contributed by atoms with van der Waals surface area (Å²) in [6, 6.07) is 11.9. The highest BCUT2D eigenvalue weighted by atomic mass is 16.5. The van der Waals surface area contributed by atoms with Gasteiger partial charge in [0, 0.05) is 25.6 Å². The van der Waals surface area contributed by atoms with Gasteiger partial charge >= 0.3 is 5.97 Å². The van der Waals surface area contributed by atoms with Crippen molar-refractivity contribution in [1.82, 2.24) is 10.6 Å². The van der Waals surface area contributed by atoms with Gasteiger partial charge in [-0.15, -0.1) is 0 Å². The van der Waals surface area contributed by atoms with Gasteiger partial charge in [-0.3, -0.25) is 9.59 Å². The normalized spacial score (nSPS) is 10.2. The highest BCUT2D eigenvalue weighted by Crippen LogP contribution is 2.20. The molecule has 7 heteroatoms. The quantitative estimate of drug-likeness (QED) is 0.614. The number of ether oxygens (including phenoxy) is 1. The molecule has 0 unspecified atom stereocenters. The van der Waals surface area contributed by atoms with E-state index in [1.165, 1.54) is 19.2 Å². The Kier molecular flexibility index (Phi) is 7.56. The number of hydrogen-bond acceptors (Lipinski definition) is 4. The molecule has 2 rings (SSSR count). The fourth-order valence-corrected chi connectivity index (χ4v) is 2.78. The van der Waals surface area contributed by atoms with Crippen LogP contribution < -0.4 is 15.4 Å². The minimum Gasteiger partial charge on any atom is -0.496 e. The Balaban J connectivity index is 1.83. The lowest BCUT2D eigenvalue weighted by Gasteiger charge is -2.10. The number of aromatic carboxylic acids is 1. The first kappa shape index (κ1) is 21.0. The van der Waals surface area contributed by atoms with Crippen molar-refractivity contribution in [1.29, 1.82) is 0 Å². The molecule has 0 aromatic heterocycles. The van der Waals surface area contributed by atoms with E-state index in [-0.39, 0.29) is 17.4 Å². The number of carboxylic acid groups (broad SMARTS) is 1. The first-order valence-corrected chi connectivity index (χ1v) is 8.92. The molecule has 0 heterocycles. The lowest BCUT2D eigenvalue weighted by molar-refractivity contribution is -0.121. The molecule has 0 aliphatic heterocycles. The standard InChI is InChI=1S/C21H24N2O5/c1-22-20(25)16-5-3-4-14(12-16)6-9-19(24)23-11-10-15-7-8-17(21(26)27)13-18(15)28-2/h3-5,7-8,12-13H,6,9-11H2,1-2H3,(H,22,25)(H,23,24)(H,26,27). The van der Waals surface area contributed by atoms with Crippen molar-refractivity contribution in [3.8, 4) is 5.75 Å². The maximum absolute atomic E-state index is 12.1. The zero-order chi connectivity index (χ0) is 20.5. The molecule has 0 spiro atoms. The van der Waals surface area contributed by atoms with E-state index >= 15 is 0 Å². The summed E-state index contributed by atoms with van der Waals surface area (Å²) in [6.45, 7) is 0.417. The highest BCUT2D eigenvalue weighted by Gasteiger charge is 2.10. The van der Waals surface area contributed by atoms with Gasteiger partial charge in [0.15, 0.2) is 0 Å². The summed E-state index contributed by atoms with van der Waals surface area (Å²) >= 11 is 0. The van der Waals surface area contributed by atoms with Crippen LogP contribution in [0.5, 0.6) is 5.75 Å². The maximum atomic E-state index is 12.1. The summed E-state index contributed by atoms with van der Waals surface area (Å²) in [4.78, 5) is 34.8. The van der Waals surface area contributed by atoms with E-state index in [1.807, 2.05) is 6.07 Å². The Morgan fingerprint density at radius 2 is 1.82 bits per heavy atom. The van der Waals surface area contributed by atoms with Gasteiger partial charge in [-0.25, -0.2) is 4.79 Å². The molecule has 0 fully saturated rings. The van der Waals surface area contributed by atoms with Crippen molar-refractivity contribution in [2.75, 3.05) is 20.7 Å². The molecule has 0 radical (unpaired) electrons. The van der Waals surface area contributed by atoms with Gasteiger partial charge in [0.05, 0.1) is 12.7 Å². The van der Waals surface area contributed by atoms with Crippen molar-refractivity contribution < 1.29 is 24.2 Å². The SMILES string of the molecule is CNC(=O)c1cccc(CCC(=O)NCCc2ccc(C(=O)O)cc2OC)c1. The van der Waals surface area contributed by atoms with E-state index in [0.717, 1.165) is 11.1 Å². The van der Waals surface area contributed by atoms with E-state index in [2.05, 4.69) is 10.6 Å². The van der Waals surface area contributed by atoms with Crippen LogP contribution in [-0.2, 0) is 17.6 Å². The maximum Gasteiger partial charge on any atom is 0.335 e. The molecule has 7 nitrogen and oxygen atoms in total. The van der Waals surface area contributed by atoms with Crippen LogP contribution in [0, 0.1) is 0 Å². The third-order valence-electron chi connectivity index (χ3n) is 4.31.